The lowest BCUT2D eigenvalue weighted by Crippen LogP contribution is -2.28. The van der Waals surface area contributed by atoms with Gasteiger partial charge in [-0.3, -0.25) is 4.79 Å². The minimum Gasteiger partial charge on any atom is -0.388 e. The highest BCUT2D eigenvalue weighted by molar-refractivity contribution is 5.77. The van der Waals surface area contributed by atoms with Crippen LogP contribution < -0.4 is 5.32 Å². The van der Waals surface area contributed by atoms with E-state index in [0.717, 1.165) is 11.1 Å². The maximum absolute atomic E-state index is 13.2. The highest BCUT2D eigenvalue weighted by Crippen LogP contribution is 2.31. The molecule has 0 fully saturated rings. The molecular formula is C18H17F2NO2. The van der Waals surface area contributed by atoms with Crippen molar-refractivity contribution in [1.82, 2.24) is 5.32 Å². The number of aliphatic hydroxyl groups is 1. The molecule has 3 nitrogen and oxygen atoms in total. The van der Waals surface area contributed by atoms with E-state index in [2.05, 4.69) is 5.32 Å². The van der Waals surface area contributed by atoms with Crippen molar-refractivity contribution in [2.24, 2.45) is 0 Å². The van der Waals surface area contributed by atoms with E-state index in [4.69, 9.17) is 0 Å². The lowest BCUT2D eigenvalue weighted by Gasteiger charge is -2.16. The van der Waals surface area contributed by atoms with Gasteiger partial charge in [-0.05, 0) is 53.8 Å². The minimum absolute atomic E-state index is 0.142. The molecule has 0 radical (unpaired) electrons. The third-order valence-electron chi connectivity index (χ3n) is 4.13. The van der Waals surface area contributed by atoms with Crippen molar-refractivity contribution in [3.8, 4) is 0 Å². The molecule has 1 aliphatic rings. The van der Waals surface area contributed by atoms with Gasteiger partial charge in [0.1, 0.15) is 11.6 Å². The predicted octanol–water partition coefficient (Wildman–Crippen LogP) is 3.19. The zero-order valence-electron chi connectivity index (χ0n) is 12.4. The molecule has 0 aliphatic heterocycles. The summed E-state index contributed by atoms with van der Waals surface area (Å²) in [6.45, 7) is 0. The highest BCUT2D eigenvalue weighted by atomic mass is 19.1. The average Bonchev–Trinajstić information content (AvgIpc) is 2.89. The number of fused-ring (bicyclic) bond motifs is 1. The molecule has 2 atom stereocenters. The summed E-state index contributed by atoms with van der Waals surface area (Å²) in [7, 11) is 0. The molecule has 1 amide bonds. The Morgan fingerprint density at radius 2 is 2.00 bits per heavy atom. The highest BCUT2D eigenvalue weighted by Gasteiger charge is 2.25. The SMILES string of the molecule is O=C(CC(O)c1cccc(F)c1)NC1CCc2cc(F)ccc21. The molecule has 2 N–H and O–H groups in total. The van der Waals surface area contributed by atoms with Crippen molar-refractivity contribution in [3.63, 3.8) is 0 Å². The van der Waals surface area contributed by atoms with Crippen LogP contribution >= 0.6 is 0 Å². The van der Waals surface area contributed by atoms with Crippen LogP contribution in [0.1, 0.15) is 41.7 Å². The number of aliphatic hydroxyl groups excluding tert-OH is 1. The second-order valence-corrected chi connectivity index (χ2v) is 5.78. The summed E-state index contributed by atoms with van der Waals surface area (Å²) in [6, 6.07) is 9.95. The molecular weight excluding hydrogens is 300 g/mol. The summed E-state index contributed by atoms with van der Waals surface area (Å²) >= 11 is 0. The van der Waals surface area contributed by atoms with E-state index in [1.54, 1.807) is 12.1 Å². The average molecular weight is 317 g/mol. The summed E-state index contributed by atoms with van der Waals surface area (Å²) in [6.07, 6.45) is 0.224. The van der Waals surface area contributed by atoms with Gasteiger partial charge in [-0.15, -0.1) is 0 Å². The van der Waals surface area contributed by atoms with Crippen LogP contribution in [-0.4, -0.2) is 11.0 Å². The van der Waals surface area contributed by atoms with Gasteiger partial charge in [-0.2, -0.15) is 0 Å². The van der Waals surface area contributed by atoms with Crippen LogP contribution in [-0.2, 0) is 11.2 Å². The van der Waals surface area contributed by atoms with Gasteiger partial charge in [0.15, 0.2) is 0 Å². The second-order valence-electron chi connectivity index (χ2n) is 5.78. The normalized spacial score (nSPS) is 17.6. The van der Waals surface area contributed by atoms with Crippen LogP contribution in [0, 0.1) is 11.6 Å². The van der Waals surface area contributed by atoms with Gasteiger partial charge in [0.25, 0.3) is 0 Å². The van der Waals surface area contributed by atoms with Gasteiger partial charge < -0.3 is 10.4 Å². The van der Waals surface area contributed by atoms with E-state index in [1.807, 2.05) is 0 Å². The third kappa shape index (κ3) is 3.56. The van der Waals surface area contributed by atoms with E-state index in [-0.39, 0.29) is 24.2 Å². The molecule has 120 valence electrons. The number of aryl methyl sites for hydroxylation is 1. The molecule has 0 bridgehead atoms. The summed E-state index contributed by atoms with van der Waals surface area (Å²) < 4.78 is 26.3. The van der Waals surface area contributed by atoms with Crippen LogP contribution in [0.4, 0.5) is 8.78 Å². The fraction of sp³-hybridized carbons (Fsp3) is 0.278. The van der Waals surface area contributed by atoms with Crippen molar-refractivity contribution < 1.29 is 18.7 Å². The van der Waals surface area contributed by atoms with Gasteiger partial charge in [0, 0.05) is 0 Å². The maximum Gasteiger partial charge on any atom is 0.223 e. The third-order valence-corrected chi connectivity index (χ3v) is 4.13. The fourth-order valence-electron chi connectivity index (χ4n) is 3.00. The first-order valence-electron chi connectivity index (χ1n) is 7.54. The molecule has 1 aliphatic carbocycles. The Balaban J connectivity index is 1.63. The monoisotopic (exact) mass is 317 g/mol. The number of carbonyl (C=O) groups is 1. The number of hydrogen-bond acceptors (Lipinski definition) is 2. The summed E-state index contributed by atoms with van der Waals surface area (Å²) in [5, 5.41) is 12.9. The summed E-state index contributed by atoms with van der Waals surface area (Å²) in [5.74, 6) is -1.05. The molecule has 2 unspecified atom stereocenters. The Kier molecular flexibility index (Phi) is 4.39. The zero-order valence-corrected chi connectivity index (χ0v) is 12.4. The zero-order chi connectivity index (χ0) is 16.4. The Hall–Kier alpha value is -2.27. The number of halogens is 2. The molecule has 0 saturated carbocycles. The Morgan fingerprint density at radius 1 is 1.22 bits per heavy atom. The standard InChI is InChI=1S/C18H17F2NO2/c19-13-3-1-2-12(9-13)17(22)10-18(23)21-16-7-4-11-8-14(20)5-6-15(11)16/h1-3,5-6,8-9,16-17,22H,4,7,10H2,(H,21,23). The van der Waals surface area contributed by atoms with Crippen LogP contribution in [0.25, 0.3) is 0 Å². The molecule has 0 saturated heterocycles. The first-order valence-corrected chi connectivity index (χ1v) is 7.54. The molecule has 2 aromatic rings. The number of hydrogen-bond donors (Lipinski definition) is 2. The first kappa shape index (κ1) is 15.6. The Labute approximate surface area is 133 Å². The van der Waals surface area contributed by atoms with Crippen LogP contribution in [0.5, 0.6) is 0 Å². The second kappa shape index (κ2) is 6.46. The van der Waals surface area contributed by atoms with Crippen molar-refractivity contribution in [2.45, 2.75) is 31.4 Å². The van der Waals surface area contributed by atoms with Gasteiger partial charge in [-0.1, -0.05) is 18.2 Å². The molecule has 0 spiro atoms. The van der Waals surface area contributed by atoms with E-state index in [1.165, 1.54) is 30.3 Å². The van der Waals surface area contributed by atoms with E-state index < -0.39 is 11.9 Å². The van der Waals surface area contributed by atoms with Crippen LogP contribution in [0.3, 0.4) is 0 Å². The minimum atomic E-state index is -1.06. The lowest BCUT2D eigenvalue weighted by atomic mass is 10.0. The van der Waals surface area contributed by atoms with Crippen molar-refractivity contribution in [2.75, 3.05) is 0 Å². The summed E-state index contributed by atoms with van der Waals surface area (Å²) in [4.78, 5) is 12.1. The molecule has 3 rings (SSSR count). The molecule has 0 heterocycles. The smallest absolute Gasteiger partial charge is 0.223 e. The van der Waals surface area contributed by atoms with Crippen molar-refractivity contribution in [1.29, 1.82) is 0 Å². The quantitative estimate of drug-likeness (QED) is 0.910. The molecule has 5 heteroatoms. The predicted molar refractivity (Wildman–Crippen MR) is 81.6 cm³/mol. The van der Waals surface area contributed by atoms with Gasteiger partial charge >= 0.3 is 0 Å². The number of rotatable bonds is 4. The molecule has 23 heavy (non-hydrogen) atoms. The Bertz CT molecular complexity index is 733. The lowest BCUT2D eigenvalue weighted by molar-refractivity contribution is -0.123. The van der Waals surface area contributed by atoms with Crippen molar-refractivity contribution in [3.05, 3.63) is 70.8 Å². The number of carbonyl (C=O) groups excluding carboxylic acids is 1. The maximum atomic E-state index is 13.2. The number of nitrogens with one attached hydrogen (secondary N) is 1. The topological polar surface area (TPSA) is 49.3 Å². The van der Waals surface area contributed by atoms with Gasteiger partial charge in [0.05, 0.1) is 18.6 Å². The first-order chi connectivity index (χ1) is 11.0. The van der Waals surface area contributed by atoms with Crippen LogP contribution in [0.2, 0.25) is 0 Å². The summed E-state index contributed by atoms with van der Waals surface area (Å²) in [5.41, 5.74) is 2.19. The molecule has 0 aromatic heterocycles. The molecule has 2 aromatic carbocycles. The van der Waals surface area contributed by atoms with E-state index in [0.29, 0.717) is 18.4 Å². The van der Waals surface area contributed by atoms with Crippen LogP contribution in [0.15, 0.2) is 42.5 Å². The number of amides is 1. The van der Waals surface area contributed by atoms with Gasteiger partial charge in [-0.25, -0.2) is 8.78 Å². The fourth-order valence-corrected chi connectivity index (χ4v) is 3.00. The van der Waals surface area contributed by atoms with Crippen molar-refractivity contribution >= 4 is 5.91 Å². The van der Waals surface area contributed by atoms with Gasteiger partial charge in [0.2, 0.25) is 5.91 Å². The van der Waals surface area contributed by atoms with E-state index in [9.17, 15) is 18.7 Å². The number of benzene rings is 2. The van der Waals surface area contributed by atoms with E-state index >= 15 is 0 Å². The Morgan fingerprint density at radius 3 is 2.78 bits per heavy atom. The largest absolute Gasteiger partial charge is 0.388 e.